The Bertz CT molecular complexity index is 304. The van der Waals surface area contributed by atoms with E-state index in [0.29, 0.717) is 0 Å². The average molecular weight is 262 g/mol. The summed E-state index contributed by atoms with van der Waals surface area (Å²) in [6.07, 6.45) is -0.282. The molecule has 0 bridgehead atoms. The quantitative estimate of drug-likeness (QED) is 0.426. The van der Waals surface area contributed by atoms with Crippen LogP contribution in [0.15, 0.2) is 0 Å². The van der Waals surface area contributed by atoms with Gasteiger partial charge in [-0.05, 0) is 6.42 Å². The number of rotatable bonds is 5. The molecule has 1 unspecified atom stereocenters. The summed E-state index contributed by atoms with van der Waals surface area (Å²) in [5.74, 6) is -3.42. The van der Waals surface area contributed by atoms with Crippen molar-refractivity contribution >= 4 is 21.2 Å². The Balaban J connectivity index is 5.40. The van der Waals surface area contributed by atoms with E-state index in [4.69, 9.17) is 24.7 Å². The predicted octanol–water partition coefficient (Wildman–Crippen LogP) is -0.221. The third-order valence-corrected chi connectivity index (χ3v) is 5.71. The van der Waals surface area contributed by atoms with Crippen LogP contribution in [0.5, 0.6) is 0 Å². The molecule has 0 aromatic rings. The zero-order valence-corrected chi connectivity index (χ0v) is 9.51. The molecule has 0 spiro atoms. The van der Waals surface area contributed by atoms with Gasteiger partial charge in [0.15, 0.2) is 5.40 Å². The second-order valence-corrected chi connectivity index (χ2v) is 6.82. The average Bonchev–Trinajstić information content (AvgIpc) is 1.93. The van der Waals surface area contributed by atoms with Gasteiger partial charge in [0, 0.05) is 0 Å². The van der Waals surface area contributed by atoms with E-state index in [9.17, 15) is 13.9 Å². The molecule has 0 amide bonds. The van der Waals surface area contributed by atoms with Crippen molar-refractivity contribution in [2.45, 2.75) is 18.7 Å². The minimum absolute atomic E-state index is 0.282. The number of hydrogen-bond donors (Lipinski definition) is 5. The fourth-order valence-electron chi connectivity index (χ4n) is 1.18. The summed E-state index contributed by atoms with van der Waals surface area (Å²) < 4.78 is 21.6. The normalized spacial score (nSPS) is 15.3. The minimum atomic E-state index is -5.17. The summed E-state index contributed by atoms with van der Waals surface area (Å²) in [7, 11) is -10.3. The lowest BCUT2D eigenvalue weighted by molar-refractivity contribution is -0.141. The van der Waals surface area contributed by atoms with Crippen molar-refractivity contribution in [1.82, 2.24) is 0 Å². The van der Waals surface area contributed by atoms with Gasteiger partial charge in [-0.3, -0.25) is 13.9 Å². The molecule has 0 aliphatic carbocycles. The van der Waals surface area contributed by atoms with E-state index >= 15 is 0 Å². The summed E-state index contributed by atoms with van der Waals surface area (Å²) in [6, 6.07) is 0. The number of carbonyl (C=O) groups is 1. The molecule has 1 atom stereocenters. The Labute approximate surface area is 85.3 Å². The third kappa shape index (κ3) is 4.03. The van der Waals surface area contributed by atoms with Crippen LogP contribution in [0, 0.1) is 5.92 Å². The van der Waals surface area contributed by atoms with Gasteiger partial charge in [-0.25, -0.2) is 0 Å². The zero-order valence-electron chi connectivity index (χ0n) is 7.72. The van der Waals surface area contributed by atoms with Crippen molar-refractivity contribution in [3.8, 4) is 0 Å². The molecule has 0 saturated carbocycles. The van der Waals surface area contributed by atoms with Crippen LogP contribution in [0.4, 0.5) is 0 Å². The van der Waals surface area contributed by atoms with Crippen LogP contribution >= 0.6 is 15.2 Å². The molecule has 0 saturated heterocycles. The lowest BCUT2D eigenvalue weighted by Crippen LogP contribution is -2.27. The molecule has 0 aromatic heterocycles. The molecule has 10 heteroatoms. The minimum Gasteiger partial charge on any atom is -0.481 e. The van der Waals surface area contributed by atoms with Crippen LogP contribution in [0.1, 0.15) is 13.3 Å². The van der Waals surface area contributed by atoms with Crippen molar-refractivity contribution in [3.05, 3.63) is 0 Å². The molecule has 5 N–H and O–H groups in total. The van der Waals surface area contributed by atoms with Crippen LogP contribution in [-0.4, -0.2) is 36.0 Å². The van der Waals surface area contributed by atoms with E-state index in [0.717, 1.165) is 0 Å². The van der Waals surface area contributed by atoms with E-state index in [-0.39, 0.29) is 6.42 Å². The van der Waals surface area contributed by atoms with Gasteiger partial charge in [0.2, 0.25) is 0 Å². The Morgan fingerprint density at radius 3 is 1.53 bits per heavy atom. The van der Waals surface area contributed by atoms with E-state index in [2.05, 4.69) is 0 Å². The van der Waals surface area contributed by atoms with Crippen molar-refractivity contribution in [2.24, 2.45) is 5.92 Å². The van der Waals surface area contributed by atoms with Gasteiger partial charge in [0.05, 0.1) is 5.92 Å². The zero-order chi connectivity index (χ0) is 12.4. The summed E-state index contributed by atoms with van der Waals surface area (Å²) >= 11 is 0. The Morgan fingerprint density at radius 1 is 1.13 bits per heavy atom. The Kier molecular flexibility index (Phi) is 4.67. The van der Waals surface area contributed by atoms with Crippen LogP contribution in [-0.2, 0) is 13.9 Å². The summed E-state index contributed by atoms with van der Waals surface area (Å²) in [4.78, 5) is 45.5. The highest BCUT2D eigenvalue weighted by Gasteiger charge is 2.50. The summed E-state index contributed by atoms with van der Waals surface area (Å²) in [6.45, 7) is 1.27. The van der Waals surface area contributed by atoms with Crippen LogP contribution in [0.25, 0.3) is 0 Å². The largest absolute Gasteiger partial charge is 0.481 e. The molecule has 15 heavy (non-hydrogen) atoms. The van der Waals surface area contributed by atoms with Crippen LogP contribution in [0.3, 0.4) is 0 Å². The highest BCUT2D eigenvalue weighted by atomic mass is 31.2. The van der Waals surface area contributed by atoms with E-state index in [1.165, 1.54) is 6.92 Å². The second kappa shape index (κ2) is 4.74. The van der Waals surface area contributed by atoms with Gasteiger partial charge in [-0.15, -0.1) is 0 Å². The van der Waals surface area contributed by atoms with Gasteiger partial charge in [-0.2, -0.15) is 0 Å². The molecular formula is C5H12O8P2. The molecule has 0 aliphatic heterocycles. The lowest BCUT2D eigenvalue weighted by Gasteiger charge is -2.24. The Morgan fingerprint density at radius 2 is 1.47 bits per heavy atom. The maximum absolute atomic E-state index is 10.8. The molecule has 0 radical (unpaired) electrons. The molecule has 0 aliphatic rings. The Hall–Kier alpha value is -0.230. The first-order valence-corrected chi connectivity index (χ1v) is 7.21. The molecule has 0 fully saturated rings. The van der Waals surface area contributed by atoms with Crippen molar-refractivity contribution in [1.29, 1.82) is 0 Å². The maximum Gasteiger partial charge on any atom is 0.341 e. The summed E-state index contributed by atoms with van der Waals surface area (Å²) in [5, 5.41) is 6.10. The topological polar surface area (TPSA) is 152 Å². The number of carboxylic acids is 1. The number of carboxylic acid groups (broad SMARTS) is 1. The highest BCUT2D eigenvalue weighted by molar-refractivity contribution is 7.70. The predicted molar refractivity (Wildman–Crippen MR) is 49.3 cm³/mol. The second-order valence-electron chi connectivity index (χ2n) is 2.94. The van der Waals surface area contributed by atoms with Crippen LogP contribution in [0.2, 0.25) is 0 Å². The van der Waals surface area contributed by atoms with E-state index < -0.39 is 32.5 Å². The fourth-order valence-corrected chi connectivity index (χ4v) is 4.36. The van der Waals surface area contributed by atoms with Crippen LogP contribution < -0.4 is 0 Å². The van der Waals surface area contributed by atoms with Crippen molar-refractivity contribution < 1.29 is 38.6 Å². The van der Waals surface area contributed by atoms with Gasteiger partial charge in [0.25, 0.3) is 0 Å². The van der Waals surface area contributed by atoms with Crippen molar-refractivity contribution in [2.75, 3.05) is 0 Å². The highest BCUT2D eigenvalue weighted by Crippen LogP contribution is 2.63. The molecule has 8 nitrogen and oxygen atoms in total. The molecule has 0 aromatic carbocycles. The molecule has 0 heterocycles. The fraction of sp³-hybridized carbons (Fsp3) is 0.800. The molecular weight excluding hydrogens is 250 g/mol. The van der Waals surface area contributed by atoms with Gasteiger partial charge in [0.1, 0.15) is 0 Å². The van der Waals surface area contributed by atoms with Gasteiger partial charge < -0.3 is 24.7 Å². The smallest absolute Gasteiger partial charge is 0.341 e. The van der Waals surface area contributed by atoms with Gasteiger partial charge >= 0.3 is 21.2 Å². The lowest BCUT2D eigenvalue weighted by atomic mass is 10.1. The monoisotopic (exact) mass is 262 g/mol. The number of aliphatic carboxylic acids is 1. The molecule has 0 rings (SSSR count). The first-order valence-electron chi connectivity index (χ1n) is 3.85. The SMILES string of the molecule is CCC(C(=O)O)C(P(=O)(O)O)P(=O)(O)O. The van der Waals surface area contributed by atoms with Gasteiger partial charge in [-0.1, -0.05) is 6.92 Å². The standard InChI is InChI=1S/C5H12O8P2/c1-2-3(4(6)7)5(14(8,9)10)15(11,12)13/h3,5H,2H2,1H3,(H,6,7)(H2,8,9,10)(H2,11,12,13). The number of hydrogen-bond acceptors (Lipinski definition) is 3. The maximum atomic E-state index is 10.8. The first kappa shape index (κ1) is 14.8. The van der Waals surface area contributed by atoms with E-state index in [1.807, 2.05) is 0 Å². The molecule has 90 valence electrons. The first-order chi connectivity index (χ1) is 6.51. The summed E-state index contributed by atoms with van der Waals surface area (Å²) in [5.41, 5.74) is 0. The van der Waals surface area contributed by atoms with Crippen molar-refractivity contribution in [3.63, 3.8) is 0 Å². The third-order valence-electron chi connectivity index (χ3n) is 1.81. The van der Waals surface area contributed by atoms with E-state index in [1.54, 1.807) is 0 Å².